The molecule has 2 aliphatic heterocycles. The third-order valence-corrected chi connectivity index (χ3v) is 4.93. The van der Waals surface area contributed by atoms with Gasteiger partial charge in [-0.05, 0) is 57.7 Å². The van der Waals surface area contributed by atoms with Gasteiger partial charge in [-0.1, -0.05) is 25.5 Å². The zero-order valence-electron chi connectivity index (χ0n) is 15.4. The summed E-state index contributed by atoms with van der Waals surface area (Å²) < 4.78 is 5.61. The predicted octanol–water partition coefficient (Wildman–Crippen LogP) is 4.23. The molecule has 2 aliphatic rings. The normalized spacial score (nSPS) is 23.5. The summed E-state index contributed by atoms with van der Waals surface area (Å²) in [6.45, 7) is 9.82. The summed E-state index contributed by atoms with van der Waals surface area (Å²) in [6, 6.07) is 9.48. The number of carbonyl (C=O) groups excluding carboxylic acids is 1. The molecule has 0 N–H and O–H groups in total. The maximum absolute atomic E-state index is 12.5. The summed E-state index contributed by atoms with van der Waals surface area (Å²) in [7, 11) is 0. The predicted molar refractivity (Wildman–Crippen MR) is 97.5 cm³/mol. The Labute approximate surface area is 145 Å². The van der Waals surface area contributed by atoms with Crippen LogP contribution in [-0.2, 0) is 11.2 Å². The molecule has 1 aromatic carbocycles. The average molecular weight is 330 g/mol. The first-order chi connectivity index (χ1) is 11.4. The summed E-state index contributed by atoms with van der Waals surface area (Å²) in [5, 5.41) is 0. The van der Waals surface area contributed by atoms with Crippen molar-refractivity contribution in [2.75, 3.05) is 18.0 Å². The molecule has 2 saturated heterocycles. The standard InChI is InChI=1S/C20H30N2O2/c1-5-6-15-7-9-16(10-8-15)21-13-17-11-12-18(14-21)22(17)19(23)24-20(2,3)4/h7-10,17-18H,5-6,11-14H2,1-4H3/t17-,18+. The van der Waals surface area contributed by atoms with Gasteiger partial charge >= 0.3 is 6.09 Å². The number of hydrogen-bond donors (Lipinski definition) is 0. The van der Waals surface area contributed by atoms with Gasteiger partial charge in [-0.3, -0.25) is 4.90 Å². The highest BCUT2D eigenvalue weighted by atomic mass is 16.6. The number of anilines is 1. The molecule has 132 valence electrons. The van der Waals surface area contributed by atoms with E-state index >= 15 is 0 Å². The summed E-state index contributed by atoms with van der Waals surface area (Å²) >= 11 is 0. The van der Waals surface area contributed by atoms with Crippen molar-refractivity contribution >= 4 is 11.8 Å². The number of fused-ring (bicyclic) bond motifs is 2. The van der Waals surface area contributed by atoms with Crippen LogP contribution < -0.4 is 4.90 Å². The van der Waals surface area contributed by atoms with Gasteiger partial charge in [0.1, 0.15) is 5.60 Å². The molecule has 4 nitrogen and oxygen atoms in total. The second kappa shape index (κ2) is 6.66. The molecule has 2 bridgehead atoms. The highest BCUT2D eigenvalue weighted by Gasteiger charge is 2.44. The highest BCUT2D eigenvalue weighted by Crippen LogP contribution is 2.34. The third kappa shape index (κ3) is 3.68. The Morgan fingerprint density at radius 2 is 1.71 bits per heavy atom. The second-order valence-electron chi connectivity index (χ2n) is 8.09. The SMILES string of the molecule is CCCc1ccc(N2C[C@H]3CC[C@@H](C2)N3C(=O)OC(C)(C)C)cc1. The third-order valence-electron chi connectivity index (χ3n) is 4.93. The van der Waals surface area contributed by atoms with Crippen molar-refractivity contribution < 1.29 is 9.53 Å². The van der Waals surface area contributed by atoms with E-state index in [4.69, 9.17) is 4.74 Å². The van der Waals surface area contributed by atoms with Gasteiger partial charge in [-0.25, -0.2) is 4.79 Å². The molecule has 0 saturated carbocycles. The minimum absolute atomic E-state index is 0.145. The summed E-state index contributed by atoms with van der Waals surface area (Å²) in [4.78, 5) is 16.9. The van der Waals surface area contributed by atoms with Gasteiger partial charge < -0.3 is 9.64 Å². The minimum atomic E-state index is -0.428. The Kier molecular flexibility index (Phi) is 4.75. The van der Waals surface area contributed by atoms with E-state index in [1.165, 1.54) is 17.7 Å². The largest absolute Gasteiger partial charge is 0.444 e. The zero-order chi connectivity index (χ0) is 17.3. The number of nitrogens with zero attached hydrogens (tertiary/aromatic N) is 2. The lowest BCUT2D eigenvalue weighted by Gasteiger charge is -2.42. The van der Waals surface area contributed by atoms with Crippen LogP contribution >= 0.6 is 0 Å². The Bertz CT molecular complexity index is 562. The fraction of sp³-hybridized carbons (Fsp3) is 0.650. The Hall–Kier alpha value is -1.71. The van der Waals surface area contributed by atoms with Crippen LogP contribution in [0.2, 0.25) is 0 Å². The topological polar surface area (TPSA) is 32.8 Å². The van der Waals surface area contributed by atoms with Crippen LogP contribution in [0.3, 0.4) is 0 Å². The van der Waals surface area contributed by atoms with Crippen LogP contribution in [0.5, 0.6) is 0 Å². The van der Waals surface area contributed by atoms with E-state index in [1.54, 1.807) is 0 Å². The molecule has 0 aromatic heterocycles. The summed E-state index contributed by atoms with van der Waals surface area (Å²) in [5.41, 5.74) is 2.25. The van der Waals surface area contributed by atoms with Crippen LogP contribution in [0.1, 0.15) is 52.5 Å². The number of rotatable bonds is 3. The van der Waals surface area contributed by atoms with Gasteiger partial charge in [0.25, 0.3) is 0 Å². The Morgan fingerprint density at radius 1 is 1.12 bits per heavy atom. The molecule has 2 atom stereocenters. The number of carbonyl (C=O) groups is 1. The maximum Gasteiger partial charge on any atom is 0.410 e. The lowest BCUT2D eigenvalue weighted by molar-refractivity contribution is 0.0123. The molecule has 0 radical (unpaired) electrons. The monoisotopic (exact) mass is 330 g/mol. The van der Waals surface area contributed by atoms with Gasteiger partial charge in [0.15, 0.2) is 0 Å². The molecule has 0 spiro atoms. The average Bonchev–Trinajstić information content (AvgIpc) is 2.77. The van der Waals surface area contributed by atoms with Gasteiger partial charge in [0.05, 0.1) is 12.1 Å². The fourth-order valence-electron chi connectivity index (χ4n) is 3.89. The van der Waals surface area contributed by atoms with E-state index in [-0.39, 0.29) is 18.2 Å². The quantitative estimate of drug-likeness (QED) is 0.831. The van der Waals surface area contributed by atoms with Crippen LogP contribution in [0.15, 0.2) is 24.3 Å². The number of ether oxygens (including phenoxy) is 1. The number of piperazine rings is 1. The van der Waals surface area contributed by atoms with Crippen LogP contribution in [0.4, 0.5) is 10.5 Å². The first-order valence-corrected chi connectivity index (χ1v) is 9.22. The van der Waals surface area contributed by atoms with Crippen molar-refractivity contribution in [3.8, 4) is 0 Å². The van der Waals surface area contributed by atoms with E-state index in [2.05, 4.69) is 36.1 Å². The van der Waals surface area contributed by atoms with Gasteiger partial charge in [-0.2, -0.15) is 0 Å². The second-order valence-corrected chi connectivity index (χ2v) is 8.09. The summed E-state index contributed by atoms with van der Waals surface area (Å²) in [6.07, 6.45) is 4.33. The minimum Gasteiger partial charge on any atom is -0.444 e. The smallest absolute Gasteiger partial charge is 0.410 e. The highest BCUT2D eigenvalue weighted by molar-refractivity contribution is 5.70. The Morgan fingerprint density at radius 3 is 2.21 bits per heavy atom. The van der Waals surface area contributed by atoms with E-state index < -0.39 is 5.60 Å². The number of aryl methyl sites for hydroxylation is 1. The molecular weight excluding hydrogens is 300 g/mol. The number of amides is 1. The lowest BCUT2D eigenvalue weighted by atomic mass is 10.1. The van der Waals surface area contributed by atoms with Crippen LogP contribution in [0.25, 0.3) is 0 Å². The van der Waals surface area contributed by atoms with Crippen LogP contribution in [-0.4, -0.2) is 41.8 Å². The van der Waals surface area contributed by atoms with Crippen LogP contribution in [0, 0.1) is 0 Å². The molecule has 24 heavy (non-hydrogen) atoms. The fourth-order valence-corrected chi connectivity index (χ4v) is 3.89. The van der Waals surface area contributed by atoms with Gasteiger partial charge in [0, 0.05) is 18.8 Å². The molecule has 0 unspecified atom stereocenters. The first kappa shape index (κ1) is 17.1. The molecule has 2 fully saturated rings. The number of benzene rings is 1. The molecule has 4 heteroatoms. The van der Waals surface area contributed by atoms with Crippen molar-refractivity contribution in [3.63, 3.8) is 0 Å². The van der Waals surface area contributed by atoms with Crippen molar-refractivity contribution in [2.24, 2.45) is 0 Å². The molecule has 3 rings (SSSR count). The number of hydrogen-bond acceptors (Lipinski definition) is 3. The van der Waals surface area contributed by atoms with Gasteiger partial charge in [0.2, 0.25) is 0 Å². The zero-order valence-corrected chi connectivity index (χ0v) is 15.4. The molecule has 0 aliphatic carbocycles. The van der Waals surface area contributed by atoms with Crippen molar-refractivity contribution in [1.29, 1.82) is 0 Å². The summed E-state index contributed by atoms with van der Waals surface area (Å²) in [5.74, 6) is 0. The molecular formula is C20H30N2O2. The van der Waals surface area contributed by atoms with E-state index in [0.29, 0.717) is 0 Å². The maximum atomic E-state index is 12.5. The van der Waals surface area contributed by atoms with Crippen molar-refractivity contribution in [1.82, 2.24) is 4.90 Å². The van der Waals surface area contributed by atoms with E-state index in [1.807, 2.05) is 25.7 Å². The molecule has 1 aromatic rings. The van der Waals surface area contributed by atoms with Gasteiger partial charge in [-0.15, -0.1) is 0 Å². The van der Waals surface area contributed by atoms with Crippen molar-refractivity contribution in [2.45, 2.75) is 71.1 Å². The van der Waals surface area contributed by atoms with Crippen molar-refractivity contribution in [3.05, 3.63) is 29.8 Å². The first-order valence-electron chi connectivity index (χ1n) is 9.22. The lowest BCUT2D eigenvalue weighted by Crippen LogP contribution is -2.56. The molecule has 2 heterocycles. The molecule has 1 amide bonds. The van der Waals surface area contributed by atoms with E-state index in [0.717, 1.165) is 32.4 Å². The van der Waals surface area contributed by atoms with E-state index in [9.17, 15) is 4.79 Å². The Balaban J connectivity index is 1.67.